The van der Waals surface area contributed by atoms with Crippen molar-refractivity contribution >= 4 is 23.0 Å². The van der Waals surface area contributed by atoms with E-state index in [0.717, 1.165) is 33.8 Å². The van der Waals surface area contributed by atoms with Gasteiger partial charge in [0, 0.05) is 36.3 Å². The van der Waals surface area contributed by atoms with Gasteiger partial charge in [-0.2, -0.15) is 0 Å². The highest BCUT2D eigenvalue weighted by Gasteiger charge is 2.17. The molecule has 0 radical (unpaired) electrons. The molecule has 4 heterocycles. The van der Waals surface area contributed by atoms with E-state index in [9.17, 15) is 9.59 Å². The quantitative estimate of drug-likeness (QED) is 0.278. The monoisotopic (exact) mass is 509 g/mol. The summed E-state index contributed by atoms with van der Waals surface area (Å²) in [5.74, 6) is 0.325. The number of benzene rings is 1. The van der Waals surface area contributed by atoms with Crippen LogP contribution in [0.5, 0.6) is 0 Å². The zero-order chi connectivity index (χ0) is 25.9. The second kappa shape index (κ2) is 11.1. The lowest BCUT2D eigenvalue weighted by atomic mass is 9.99. The fourth-order valence-corrected chi connectivity index (χ4v) is 4.50. The molecule has 0 aliphatic rings. The molecule has 4 aromatic heterocycles. The van der Waals surface area contributed by atoms with Crippen molar-refractivity contribution in [1.82, 2.24) is 29.8 Å². The first-order valence-electron chi connectivity index (χ1n) is 12.1. The number of rotatable bonds is 6. The molecule has 0 saturated heterocycles. The van der Waals surface area contributed by atoms with E-state index in [-0.39, 0.29) is 25.1 Å². The maximum atomic E-state index is 13.3. The van der Waals surface area contributed by atoms with Crippen LogP contribution >= 0.6 is 0 Å². The number of carbonyl (C=O) groups excluding carboxylic acids is 1. The number of aryl methyl sites for hydroxylation is 1. The molecule has 194 valence electrons. The first-order chi connectivity index (χ1) is 17.9. The molecule has 1 aromatic carbocycles. The molecule has 38 heavy (non-hydrogen) atoms. The Hall–Kier alpha value is -4.79. The van der Waals surface area contributed by atoms with Crippen molar-refractivity contribution in [2.24, 2.45) is 0 Å². The van der Waals surface area contributed by atoms with Gasteiger partial charge in [-0.3, -0.25) is 20.1 Å². The van der Waals surface area contributed by atoms with Gasteiger partial charge in [0.25, 0.3) is 5.56 Å². The summed E-state index contributed by atoms with van der Waals surface area (Å²) in [6.45, 7) is 6.23. The topological polar surface area (TPSA) is 118 Å². The number of fused-ring (bicyclic) bond motifs is 1. The third kappa shape index (κ3) is 5.17. The third-order valence-electron chi connectivity index (χ3n) is 6.19. The molecule has 0 aliphatic heterocycles. The van der Waals surface area contributed by atoms with Crippen LogP contribution in [-0.4, -0.2) is 37.1 Å². The SMILES string of the molecule is C.CCNC(=O)Nc1nc2c(-c3ccccn3)cc(-c3cc(C)n(C(C)c4ccccn4)c(=O)c3)cc2[nH]1. The predicted octanol–water partition coefficient (Wildman–Crippen LogP) is 5.54. The second-order valence-corrected chi connectivity index (χ2v) is 8.73. The van der Waals surface area contributed by atoms with Crippen LogP contribution in [-0.2, 0) is 0 Å². The molecule has 9 nitrogen and oxygen atoms in total. The number of H-pyrrole nitrogens is 1. The Morgan fingerprint density at radius 3 is 2.42 bits per heavy atom. The Labute approximate surface area is 221 Å². The largest absolute Gasteiger partial charge is 0.338 e. The number of anilines is 1. The van der Waals surface area contributed by atoms with E-state index in [1.165, 1.54) is 0 Å². The van der Waals surface area contributed by atoms with Crippen LogP contribution in [0.3, 0.4) is 0 Å². The molecule has 0 saturated carbocycles. The van der Waals surface area contributed by atoms with Crippen LogP contribution in [0.4, 0.5) is 10.7 Å². The second-order valence-electron chi connectivity index (χ2n) is 8.73. The van der Waals surface area contributed by atoms with Crippen molar-refractivity contribution in [2.45, 2.75) is 34.2 Å². The number of amides is 2. The zero-order valence-corrected chi connectivity index (χ0v) is 20.8. The van der Waals surface area contributed by atoms with Gasteiger partial charge in [-0.15, -0.1) is 0 Å². The summed E-state index contributed by atoms with van der Waals surface area (Å²) in [4.78, 5) is 42.1. The molecular formula is C29H31N7O2. The summed E-state index contributed by atoms with van der Waals surface area (Å²) in [5, 5.41) is 5.42. The minimum Gasteiger partial charge on any atom is -0.338 e. The van der Waals surface area contributed by atoms with Crippen LogP contribution in [0.25, 0.3) is 33.4 Å². The third-order valence-corrected chi connectivity index (χ3v) is 6.19. The Bertz CT molecular complexity index is 1630. The maximum absolute atomic E-state index is 13.3. The number of hydrogen-bond acceptors (Lipinski definition) is 5. The lowest BCUT2D eigenvalue weighted by Gasteiger charge is -2.18. The zero-order valence-electron chi connectivity index (χ0n) is 20.8. The summed E-state index contributed by atoms with van der Waals surface area (Å²) in [7, 11) is 0. The Kier molecular flexibility index (Phi) is 7.66. The van der Waals surface area contributed by atoms with Crippen LogP contribution in [0, 0.1) is 6.92 Å². The lowest BCUT2D eigenvalue weighted by molar-refractivity contribution is 0.252. The molecule has 0 spiro atoms. The molecule has 5 aromatic rings. The number of nitrogens with one attached hydrogen (secondary N) is 3. The minimum absolute atomic E-state index is 0. The number of nitrogens with zero attached hydrogens (tertiary/aromatic N) is 4. The van der Waals surface area contributed by atoms with E-state index >= 15 is 0 Å². The molecule has 0 fully saturated rings. The van der Waals surface area contributed by atoms with Crippen LogP contribution in [0.2, 0.25) is 0 Å². The van der Waals surface area contributed by atoms with Gasteiger partial charge in [0.05, 0.1) is 28.5 Å². The van der Waals surface area contributed by atoms with E-state index in [1.807, 2.05) is 75.4 Å². The first kappa shape index (κ1) is 26.3. The van der Waals surface area contributed by atoms with Crippen LogP contribution in [0.15, 0.2) is 77.9 Å². The van der Waals surface area contributed by atoms with Crippen molar-refractivity contribution < 1.29 is 4.79 Å². The minimum atomic E-state index is -0.345. The molecule has 5 rings (SSSR count). The highest BCUT2D eigenvalue weighted by molar-refractivity contribution is 5.98. The van der Waals surface area contributed by atoms with Crippen molar-refractivity contribution in [2.75, 3.05) is 11.9 Å². The number of urea groups is 1. The van der Waals surface area contributed by atoms with Gasteiger partial charge >= 0.3 is 6.03 Å². The Morgan fingerprint density at radius 2 is 1.76 bits per heavy atom. The number of aromatic nitrogens is 5. The van der Waals surface area contributed by atoms with Crippen molar-refractivity contribution in [3.8, 4) is 22.4 Å². The number of aromatic amines is 1. The number of hydrogen-bond donors (Lipinski definition) is 3. The smallest absolute Gasteiger partial charge is 0.321 e. The average molecular weight is 510 g/mol. The van der Waals surface area contributed by atoms with Crippen LogP contribution in [0.1, 0.15) is 38.7 Å². The van der Waals surface area contributed by atoms with Gasteiger partial charge < -0.3 is 14.9 Å². The fraction of sp³-hybridized carbons (Fsp3) is 0.207. The molecule has 0 aliphatic carbocycles. The van der Waals surface area contributed by atoms with Gasteiger partial charge in [-0.25, -0.2) is 9.78 Å². The van der Waals surface area contributed by atoms with E-state index in [0.29, 0.717) is 23.5 Å². The molecular weight excluding hydrogens is 478 g/mol. The predicted molar refractivity (Wildman–Crippen MR) is 151 cm³/mol. The Morgan fingerprint density at radius 1 is 1.03 bits per heavy atom. The normalized spacial score (nSPS) is 11.6. The van der Waals surface area contributed by atoms with E-state index in [2.05, 4.69) is 30.6 Å². The van der Waals surface area contributed by atoms with Gasteiger partial charge in [0.2, 0.25) is 5.95 Å². The molecule has 9 heteroatoms. The van der Waals surface area contributed by atoms with Gasteiger partial charge in [0.1, 0.15) is 0 Å². The van der Waals surface area contributed by atoms with Crippen LogP contribution < -0.4 is 16.2 Å². The molecule has 3 N–H and O–H groups in total. The molecule has 2 amide bonds. The standard InChI is InChI=1S/C28H27N7O2.CH4/c1-4-29-28(37)34-27-32-24-15-20(14-21(26(24)33-27)23-10-6-8-12-31-23)19-13-17(2)35(25(36)16-19)18(3)22-9-5-7-11-30-22;/h5-16,18H,4H2,1-3H3,(H3,29,32,33,34,37);1H4. The average Bonchev–Trinajstić information content (AvgIpc) is 3.31. The Balaban J connectivity index is 0.00000336. The highest BCUT2D eigenvalue weighted by atomic mass is 16.2. The van der Waals surface area contributed by atoms with Gasteiger partial charge in [-0.05, 0) is 74.4 Å². The van der Waals surface area contributed by atoms with Crippen molar-refractivity contribution in [3.05, 3.63) is 94.8 Å². The maximum Gasteiger partial charge on any atom is 0.321 e. The van der Waals surface area contributed by atoms with Gasteiger partial charge in [0.15, 0.2) is 0 Å². The molecule has 1 atom stereocenters. The summed E-state index contributed by atoms with van der Waals surface area (Å²) in [6.07, 6.45) is 3.45. The number of carbonyl (C=O) groups is 1. The van der Waals surface area contributed by atoms with E-state index in [4.69, 9.17) is 0 Å². The summed E-state index contributed by atoms with van der Waals surface area (Å²) in [6, 6.07) is 18.3. The van der Waals surface area contributed by atoms with Crippen molar-refractivity contribution in [3.63, 3.8) is 0 Å². The first-order valence-corrected chi connectivity index (χ1v) is 12.1. The summed E-state index contributed by atoms with van der Waals surface area (Å²) >= 11 is 0. The summed E-state index contributed by atoms with van der Waals surface area (Å²) in [5.41, 5.74) is 6.05. The van der Waals surface area contributed by atoms with E-state index < -0.39 is 0 Å². The number of imidazole rings is 1. The summed E-state index contributed by atoms with van der Waals surface area (Å²) < 4.78 is 1.74. The molecule has 1 unspecified atom stereocenters. The fourth-order valence-electron chi connectivity index (χ4n) is 4.50. The van der Waals surface area contributed by atoms with E-state index in [1.54, 1.807) is 23.0 Å². The molecule has 0 bridgehead atoms. The van der Waals surface area contributed by atoms with Crippen molar-refractivity contribution in [1.29, 1.82) is 0 Å². The van der Waals surface area contributed by atoms with Gasteiger partial charge in [-0.1, -0.05) is 19.6 Å². The lowest BCUT2D eigenvalue weighted by Crippen LogP contribution is -2.28. The highest BCUT2D eigenvalue weighted by Crippen LogP contribution is 2.33. The number of pyridine rings is 3.